The Morgan fingerprint density at radius 3 is 2.71 bits per heavy atom. The van der Waals surface area contributed by atoms with Gasteiger partial charge in [0, 0.05) is 19.3 Å². The Morgan fingerprint density at radius 2 is 2.06 bits per heavy atom. The predicted molar refractivity (Wildman–Crippen MR) is 66.8 cm³/mol. The number of nitrogens with zero attached hydrogens (tertiary/aromatic N) is 2. The molecule has 0 fully saturated rings. The first-order chi connectivity index (χ1) is 8.13. The molecule has 0 spiro atoms. The summed E-state index contributed by atoms with van der Waals surface area (Å²) in [6.45, 7) is 8.20. The van der Waals surface area contributed by atoms with Crippen molar-refractivity contribution in [2.24, 2.45) is 5.92 Å². The molecule has 1 aromatic rings. The van der Waals surface area contributed by atoms with E-state index in [-0.39, 0.29) is 6.10 Å². The van der Waals surface area contributed by atoms with Gasteiger partial charge >= 0.3 is 0 Å². The van der Waals surface area contributed by atoms with Crippen LogP contribution >= 0.6 is 0 Å². The van der Waals surface area contributed by atoms with Crippen LogP contribution in [-0.4, -0.2) is 23.6 Å². The quantitative estimate of drug-likeness (QED) is 0.867. The molecular weight excluding hydrogens is 214 g/mol. The molecule has 2 heterocycles. The third-order valence-corrected chi connectivity index (χ3v) is 3.27. The summed E-state index contributed by atoms with van der Waals surface area (Å²) in [4.78, 5) is 9.28. The average molecular weight is 235 g/mol. The van der Waals surface area contributed by atoms with E-state index in [1.165, 1.54) is 5.56 Å². The van der Waals surface area contributed by atoms with E-state index in [1.807, 2.05) is 0 Å². The number of aryl methyl sites for hydroxylation is 1. The molecule has 0 radical (unpaired) electrons. The van der Waals surface area contributed by atoms with Gasteiger partial charge in [0.1, 0.15) is 6.10 Å². The van der Waals surface area contributed by atoms with Crippen molar-refractivity contribution in [3.8, 4) is 0 Å². The van der Waals surface area contributed by atoms with Gasteiger partial charge in [0.15, 0.2) is 5.82 Å². The largest absolute Gasteiger partial charge is 0.373 e. The molecule has 1 aromatic heterocycles. The number of fused-ring (bicyclic) bond motifs is 1. The van der Waals surface area contributed by atoms with Gasteiger partial charge in [-0.2, -0.15) is 0 Å². The highest BCUT2D eigenvalue weighted by Gasteiger charge is 2.22. The van der Waals surface area contributed by atoms with Crippen molar-refractivity contribution in [1.82, 2.24) is 15.3 Å². The molecule has 0 bridgehead atoms. The van der Waals surface area contributed by atoms with Gasteiger partial charge in [0.05, 0.1) is 5.69 Å². The minimum atomic E-state index is -0.0130. The van der Waals surface area contributed by atoms with Crippen molar-refractivity contribution in [3.05, 3.63) is 22.8 Å². The highest BCUT2D eigenvalue weighted by Crippen LogP contribution is 2.24. The number of aromatic nitrogens is 2. The zero-order valence-electron chi connectivity index (χ0n) is 11.1. The summed E-state index contributed by atoms with van der Waals surface area (Å²) in [7, 11) is 1.72. The summed E-state index contributed by atoms with van der Waals surface area (Å²) >= 11 is 0. The Labute approximate surface area is 103 Å². The van der Waals surface area contributed by atoms with Crippen molar-refractivity contribution in [1.29, 1.82) is 0 Å². The molecule has 1 N–H and O–H groups in total. The van der Waals surface area contributed by atoms with Crippen molar-refractivity contribution < 1.29 is 4.74 Å². The van der Waals surface area contributed by atoms with Crippen molar-refractivity contribution in [3.63, 3.8) is 0 Å². The molecule has 0 aromatic carbocycles. The molecule has 4 nitrogen and oxygen atoms in total. The van der Waals surface area contributed by atoms with E-state index in [4.69, 9.17) is 4.74 Å². The van der Waals surface area contributed by atoms with Crippen LogP contribution in [0.25, 0.3) is 0 Å². The summed E-state index contributed by atoms with van der Waals surface area (Å²) in [5.41, 5.74) is 3.56. The van der Waals surface area contributed by atoms with E-state index in [0.29, 0.717) is 5.92 Å². The molecule has 1 aliphatic rings. The maximum atomic E-state index is 5.50. The first kappa shape index (κ1) is 12.5. The number of nitrogens with one attached hydrogen (secondary N) is 1. The van der Waals surface area contributed by atoms with Gasteiger partial charge in [-0.15, -0.1) is 0 Å². The highest BCUT2D eigenvalue weighted by atomic mass is 16.5. The Bertz CT molecular complexity index is 404. The minimum Gasteiger partial charge on any atom is -0.373 e. The lowest BCUT2D eigenvalue weighted by Crippen LogP contribution is -2.27. The van der Waals surface area contributed by atoms with E-state index in [9.17, 15) is 0 Å². The molecule has 94 valence electrons. The van der Waals surface area contributed by atoms with Gasteiger partial charge in [-0.25, -0.2) is 9.97 Å². The van der Waals surface area contributed by atoms with Gasteiger partial charge in [0.25, 0.3) is 0 Å². The Balaban J connectivity index is 2.39. The maximum Gasteiger partial charge on any atom is 0.157 e. The lowest BCUT2D eigenvalue weighted by atomic mass is 10.0. The van der Waals surface area contributed by atoms with E-state index in [2.05, 4.69) is 36.1 Å². The van der Waals surface area contributed by atoms with Crippen LogP contribution in [0.2, 0.25) is 0 Å². The van der Waals surface area contributed by atoms with Crippen LogP contribution in [-0.2, 0) is 17.7 Å². The first-order valence-electron chi connectivity index (χ1n) is 6.23. The Morgan fingerprint density at radius 1 is 1.29 bits per heavy atom. The van der Waals surface area contributed by atoms with Crippen LogP contribution in [0.15, 0.2) is 0 Å². The van der Waals surface area contributed by atoms with Gasteiger partial charge < -0.3 is 10.1 Å². The number of hydrogen-bond donors (Lipinski definition) is 1. The Kier molecular flexibility index (Phi) is 3.74. The van der Waals surface area contributed by atoms with Crippen LogP contribution in [0.4, 0.5) is 0 Å². The molecule has 1 unspecified atom stereocenters. The minimum absolute atomic E-state index is 0.0130. The monoisotopic (exact) mass is 235 g/mol. The topological polar surface area (TPSA) is 47.0 Å². The maximum absolute atomic E-state index is 5.50. The van der Waals surface area contributed by atoms with Crippen LogP contribution in [0.1, 0.15) is 42.7 Å². The fraction of sp³-hybridized carbons (Fsp3) is 0.692. The van der Waals surface area contributed by atoms with Gasteiger partial charge in [0.2, 0.25) is 0 Å². The zero-order chi connectivity index (χ0) is 12.4. The summed E-state index contributed by atoms with van der Waals surface area (Å²) in [6.07, 6.45) is 1.02. The van der Waals surface area contributed by atoms with Crippen molar-refractivity contribution in [2.45, 2.75) is 39.8 Å². The number of ether oxygens (including phenoxy) is 1. The summed E-state index contributed by atoms with van der Waals surface area (Å²) in [5, 5.41) is 3.35. The van der Waals surface area contributed by atoms with Gasteiger partial charge in [-0.3, -0.25) is 0 Å². The van der Waals surface area contributed by atoms with Gasteiger partial charge in [-0.05, 0) is 31.4 Å². The second-order valence-electron chi connectivity index (χ2n) is 4.92. The predicted octanol–water partition coefficient (Wildman–Crippen LogP) is 1.77. The van der Waals surface area contributed by atoms with Crippen LogP contribution in [0, 0.1) is 12.8 Å². The smallest absolute Gasteiger partial charge is 0.157 e. The van der Waals surface area contributed by atoms with Crippen LogP contribution < -0.4 is 5.32 Å². The van der Waals surface area contributed by atoms with Crippen LogP contribution in [0.5, 0.6) is 0 Å². The molecule has 0 saturated heterocycles. The molecule has 4 heteroatoms. The molecule has 17 heavy (non-hydrogen) atoms. The lowest BCUT2D eigenvalue weighted by Gasteiger charge is -2.23. The van der Waals surface area contributed by atoms with E-state index >= 15 is 0 Å². The first-order valence-corrected chi connectivity index (χ1v) is 6.23. The molecule has 0 aliphatic carbocycles. The second kappa shape index (κ2) is 5.10. The van der Waals surface area contributed by atoms with Crippen molar-refractivity contribution >= 4 is 0 Å². The molecule has 1 aliphatic heterocycles. The lowest BCUT2D eigenvalue weighted by molar-refractivity contribution is 0.0570. The second-order valence-corrected chi connectivity index (χ2v) is 4.92. The van der Waals surface area contributed by atoms with E-state index in [1.54, 1.807) is 7.11 Å². The summed E-state index contributed by atoms with van der Waals surface area (Å²) in [6, 6.07) is 0. The molecule has 1 atom stereocenters. The SMILES string of the molecule is COC(c1nc(C)c2c(n1)CNCC2)C(C)C. The number of hydrogen-bond acceptors (Lipinski definition) is 4. The molecule has 2 rings (SSSR count). The third kappa shape index (κ3) is 2.48. The number of rotatable bonds is 3. The molecule has 0 saturated carbocycles. The van der Waals surface area contributed by atoms with Crippen molar-refractivity contribution in [2.75, 3.05) is 13.7 Å². The zero-order valence-corrected chi connectivity index (χ0v) is 11.1. The third-order valence-electron chi connectivity index (χ3n) is 3.27. The molecular formula is C13H21N3O. The normalized spacial score (nSPS) is 17.0. The Hall–Kier alpha value is -1.00. The highest BCUT2D eigenvalue weighted by molar-refractivity contribution is 5.28. The average Bonchev–Trinajstić information content (AvgIpc) is 2.29. The number of methoxy groups -OCH3 is 1. The van der Waals surface area contributed by atoms with Crippen LogP contribution in [0.3, 0.4) is 0 Å². The standard InChI is InChI=1S/C13H21N3O/c1-8(2)12(17-4)13-15-9(3)10-5-6-14-7-11(10)16-13/h8,12,14H,5-7H2,1-4H3. The summed E-state index contributed by atoms with van der Waals surface area (Å²) in [5.74, 6) is 1.21. The fourth-order valence-corrected chi connectivity index (χ4v) is 2.37. The summed E-state index contributed by atoms with van der Waals surface area (Å²) < 4.78 is 5.50. The van der Waals surface area contributed by atoms with Gasteiger partial charge in [-0.1, -0.05) is 13.8 Å². The van der Waals surface area contributed by atoms with E-state index < -0.39 is 0 Å². The fourth-order valence-electron chi connectivity index (χ4n) is 2.37. The van der Waals surface area contributed by atoms with E-state index in [0.717, 1.165) is 36.7 Å². The molecule has 0 amide bonds.